The first kappa shape index (κ1) is 20.3. The van der Waals surface area contributed by atoms with Crippen molar-refractivity contribution in [2.75, 3.05) is 6.61 Å². The molecule has 0 saturated carbocycles. The number of hydrazone groups is 1. The highest BCUT2D eigenvalue weighted by Gasteiger charge is 2.41. The van der Waals surface area contributed by atoms with Gasteiger partial charge in [-0.05, 0) is 55.0 Å². The Kier molecular flexibility index (Phi) is 5.19. The smallest absolute Gasteiger partial charge is 0.269 e. The number of hydrogen-bond acceptors (Lipinski definition) is 6. The monoisotopic (exact) mass is 449 g/mol. The summed E-state index contributed by atoms with van der Waals surface area (Å²) < 4.78 is 11.8. The molecule has 2 heterocycles. The van der Waals surface area contributed by atoms with E-state index in [9.17, 15) is 10.1 Å². The minimum absolute atomic E-state index is 0.0134. The summed E-state index contributed by atoms with van der Waals surface area (Å²) in [6, 6.07) is 19.8. The van der Waals surface area contributed by atoms with E-state index in [-0.39, 0.29) is 11.7 Å². The zero-order valence-electron chi connectivity index (χ0n) is 17.3. The molecule has 162 valence electrons. The second-order valence-electron chi connectivity index (χ2n) is 7.61. The molecule has 3 aromatic carbocycles. The lowest BCUT2D eigenvalue weighted by Gasteiger charge is -2.38. The SMILES string of the molecule is CCOc1ccc(C2=NN3[C@@H](C2)c2cc(Cl)ccc2O[C@H]3c2cccc([N+](=O)[O-])c2)cc1. The average Bonchev–Trinajstić information content (AvgIpc) is 3.25. The van der Waals surface area contributed by atoms with Crippen LogP contribution < -0.4 is 9.47 Å². The first-order valence-corrected chi connectivity index (χ1v) is 10.7. The summed E-state index contributed by atoms with van der Waals surface area (Å²) in [4.78, 5) is 10.9. The van der Waals surface area contributed by atoms with Crippen molar-refractivity contribution in [2.24, 2.45) is 5.10 Å². The zero-order chi connectivity index (χ0) is 22.2. The molecule has 0 amide bonds. The predicted molar refractivity (Wildman–Crippen MR) is 121 cm³/mol. The Balaban J connectivity index is 1.56. The number of ether oxygens (including phenoxy) is 2. The van der Waals surface area contributed by atoms with Crippen molar-refractivity contribution in [1.29, 1.82) is 0 Å². The second kappa shape index (κ2) is 8.16. The van der Waals surface area contributed by atoms with E-state index in [0.29, 0.717) is 29.4 Å². The van der Waals surface area contributed by atoms with Gasteiger partial charge in [-0.15, -0.1) is 0 Å². The van der Waals surface area contributed by atoms with Gasteiger partial charge < -0.3 is 9.47 Å². The van der Waals surface area contributed by atoms with E-state index in [1.54, 1.807) is 12.1 Å². The summed E-state index contributed by atoms with van der Waals surface area (Å²) in [6.45, 7) is 2.56. The van der Waals surface area contributed by atoms with E-state index >= 15 is 0 Å². The lowest BCUT2D eigenvalue weighted by atomic mass is 9.96. The molecule has 2 atom stereocenters. The fourth-order valence-electron chi connectivity index (χ4n) is 4.15. The molecule has 2 aliphatic rings. The van der Waals surface area contributed by atoms with E-state index in [2.05, 4.69) is 0 Å². The third kappa shape index (κ3) is 3.65. The lowest BCUT2D eigenvalue weighted by Crippen LogP contribution is -2.33. The number of nitrogens with zero attached hydrogens (tertiary/aromatic N) is 3. The fraction of sp³-hybridized carbons (Fsp3) is 0.208. The normalized spacial score (nSPS) is 18.9. The van der Waals surface area contributed by atoms with Crippen LogP contribution in [0.4, 0.5) is 5.69 Å². The van der Waals surface area contributed by atoms with Crippen molar-refractivity contribution < 1.29 is 14.4 Å². The highest BCUT2D eigenvalue weighted by atomic mass is 35.5. The minimum atomic E-state index is -0.589. The van der Waals surface area contributed by atoms with Crippen LogP contribution in [0.1, 0.15) is 42.3 Å². The van der Waals surface area contributed by atoms with Crippen LogP contribution in [0.3, 0.4) is 0 Å². The summed E-state index contributed by atoms with van der Waals surface area (Å²) in [5.74, 6) is 1.51. The van der Waals surface area contributed by atoms with Crippen LogP contribution in [-0.2, 0) is 0 Å². The molecule has 0 bridgehead atoms. The average molecular weight is 450 g/mol. The summed E-state index contributed by atoms with van der Waals surface area (Å²) in [6.07, 6.45) is 0.0737. The maximum atomic E-state index is 11.3. The zero-order valence-corrected chi connectivity index (χ0v) is 18.0. The first-order chi connectivity index (χ1) is 15.5. The van der Waals surface area contributed by atoms with Gasteiger partial charge in [0.15, 0.2) is 0 Å². The number of halogens is 1. The van der Waals surface area contributed by atoms with Gasteiger partial charge in [0.05, 0.1) is 23.3 Å². The summed E-state index contributed by atoms with van der Waals surface area (Å²) >= 11 is 6.28. The van der Waals surface area contributed by atoms with Crippen LogP contribution in [0.15, 0.2) is 71.8 Å². The van der Waals surface area contributed by atoms with Gasteiger partial charge >= 0.3 is 0 Å². The van der Waals surface area contributed by atoms with Crippen molar-refractivity contribution in [3.8, 4) is 11.5 Å². The highest BCUT2D eigenvalue weighted by molar-refractivity contribution is 6.30. The molecule has 2 aliphatic heterocycles. The van der Waals surface area contributed by atoms with Crippen LogP contribution in [0.5, 0.6) is 11.5 Å². The molecule has 8 heteroatoms. The number of rotatable bonds is 5. The lowest BCUT2D eigenvalue weighted by molar-refractivity contribution is -0.385. The number of fused-ring (bicyclic) bond motifs is 3. The second-order valence-corrected chi connectivity index (χ2v) is 8.04. The molecule has 0 unspecified atom stereocenters. The van der Waals surface area contributed by atoms with Gasteiger partial charge in [-0.3, -0.25) is 10.1 Å². The molecule has 0 radical (unpaired) electrons. The van der Waals surface area contributed by atoms with Crippen LogP contribution >= 0.6 is 11.6 Å². The molecule has 5 rings (SSSR count). The topological polar surface area (TPSA) is 77.2 Å². The number of benzene rings is 3. The van der Waals surface area contributed by atoms with E-state index in [0.717, 1.165) is 22.6 Å². The van der Waals surface area contributed by atoms with Crippen LogP contribution in [0.2, 0.25) is 5.02 Å². The van der Waals surface area contributed by atoms with Crippen molar-refractivity contribution in [1.82, 2.24) is 5.01 Å². The molecule has 0 aliphatic carbocycles. The third-order valence-corrected chi connectivity index (χ3v) is 5.85. The predicted octanol–water partition coefficient (Wildman–Crippen LogP) is 5.89. The van der Waals surface area contributed by atoms with Gasteiger partial charge in [0.2, 0.25) is 6.23 Å². The Hall–Kier alpha value is -3.58. The Labute approximate surface area is 190 Å². The largest absolute Gasteiger partial charge is 0.494 e. The highest BCUT2D eigenvalue weighted by Crippen LogP contribution is 2.48. The quantitative estimate of drug-likeness (QED) is 0.358. The van der Waals surface area contributed by atoms with E-state index in [4.69, 9.17) is 26.2 Å². The van der Waals surface area contributed by atoms with Crippen molar-refractivity contribution >= 4 is 23.0 Å². The summed E-state index contributed by atoms with van der Waals surface area (Å²) in [7, 11) is 0. The molecule has 32 heavy (non-hydrogen) atoms. The number of non-ortho nitro benzene ring substituents is 1. The Bertz CT molecular complexity index is 1210. The van der Waals surface area contributed by atoms with Crippen molar-refractivity contribution in [3.63, 3.8) is 0 Å². The van der Waals surface area contributed by atoms with Gasteiger partial charge in [-0.25, -0.2) is 5.01 Å². The molecular formula is C24H20ClN3O4. The van der Waals surface area contributed by atoms with Gasteiger partial charge in [-0.1, -0.05) is 23.7 Å². The molecular weight excluding hydrogens is 430 g/mol. The van der Waals surface area contributed by atoms with Gasteiger partial charge in [0.1, 0.15) is 11.5 Å². The third-order valence-electron chi connectivity index (χ3n) is 5.62. The number of nitro groups is 1. The van der Waals surface area contributed by atoms with Gasteiger partial charge in [0.25, 0.3) is 5.69 Å². The molecule has 0 saturated heterocycles. The maximum absolute atomic E-state index is 11.3. The van der Waals surface area contributed by atoms with Crippen molar-refractivity contribution in [3.05, 3.63) is 98.6 Å². The van der Waals surface area contributed by atoms with Crippen molar-refractivity contribution in [2.45, 2.75) is 25.6 Å². The molecule has 0 fully saturated rings. The summed E-state index contributed by atoms with van der Waals surface area (Å²) in [5.41, 5.74) is 3.53. The number of nitro benzene ring substituents is 1. The Morgan fingerprint density at radius 3 is 2.75 bits per heavy atom. The first-order valence-electron chi connectivity index (χ1n) is 10.3. The van der Waals surface area contributed by atoms with Crippen LogP contribution in [-0.4, -0.2) is 22.3 Å². The summed E-state index contributed by atoms with van der Waals surface area (Å²) in [5, 5.41) is 18.7. The van der Waals surface area contributed by atoms with E-state index < -0.39 is 11.2 Å². The Morgan fingerprint density at radius 1 is 1.19 bits per heavy atom. The van der Waals surface area contributed by atoms with Gasteiger partial charge in [-0.2, -0.15) is 5.10 Å². The fourth-order valence-corrected chi connectivity index (χ4v) is 4.34. The number of hydrogen-bond donors (Lipinski definition) is 0. The molecule has 3 aromatic rings. The molecule has 7 nitrogen and oxygen atoms in total. The Morgan fingerprint density at radius 2 is 2.00 bits per heavy atom. The van der Waals surface area contributed by atoms with Crippen LogP contribution in [0, 0.1) is 10.1 Å². The van der Waals surface area contributed by atoms with Gasteiger partial charge in [0, 0.05) is 34.7 Å². The molecule has 0 N–H and O–H groups in total. The maximum Gasteiger partial charge on any atom is 0.269 e. The molecule has 0 aromatic heterocycles. The van der Waals surface area contributed by atoms with E-state index in [1.165, 1.54) is 12.1 Å². The molecule has 0 spiro atoms. The standard InChI is InChI=1S/C24H20ClN3O4/c1-2-31-19-9-6-15(7-10-19)21-14-22-20-13-17(25)8-11-23(20)32-24(27(22)26-21)16-4-3-5-18(12-16)28(29)30/h3-13,22,24H,2,14H2,1H3/t22-,24-/m0/s1. The van der Waals surface area contributed by atoms with E-state index in [1.807, 2.05) is 54.4 Å². The minimum Gasteiger partial charge on any atom is -0.494 e. The van der Waals surface area contributed by atoms with Crippen LogP contribution in [0.25, 0.3) is 0 Å².